The fourth-order valence-electron chi connectivity index (χ4n) is 2.20. The van der Waals surface area contributed by atoms with Crippen LogP contribution in [-0.2, 0) is 5.60 Å². The number of hydrogen-bond donors (Lipinski definition) is 1. The summed E-state index contributed by atoms with van der Waals surface area (Å²) in [6.45, 7) is 2.47. The minimum absolute atomic E-state index is 0.351. The number of hydrogen-bond acceptors (Lipinski definition) is 3. The zero-order valence-electron chi connectivity index (χ0n) is 11.4. The molecule has 0 aliphatic rings. The number of ether oxygens (including phenoxy) is 1. The van der Waals surface area contributed by atoms with Gasteiger partial charge in [-0.05, 0) is 25.0 Å². The molecule has 0 fully saturated rings. The molecule has 20 heavy (non-hydrogen) atoms. The van der Waals surface area contributed by atoms with Crippen LogP contribution in [0.1, 0.15) is 24.5 Å². The average Bonchev–Trinajstić information content (AvgIpc) is 2.49. The SMILES string of the molecule is CCOc1cncc(C(O)(CCCl)c2ccccc2)c1. The Labute approximate surface area is 124 Å². The van der Waals surface area contributed by atoms with Gasteiger partial charge in [-0.2, -0.15) is 0 Å². The van der Waals surface area contributed by atoms with Crippen LogP contribution in [0.2, 0.25) is 0 Å². The quantitative estimate of drug-likeness (QED) is 0.830. The zero-order valence-corrected chi connectivity index (χ0v) is 12.2. The van der Waals surface area contributed by atoms with E-state index in [-0.39, 0.29) is 0 Å². The number of benzene rings is 1. The molecule has 106 valence electrons. The van der Waals surface area contributed by atoms with Gasteiger partial charge in [0.05, 0.1) is 12.8 Å². The first-order valence-electron chi connectivity index (χ1n) is 6.63. The van der Waals surface area contributed by atoms with Crippen molar-refractivity contribution in [2.24, 2.45) is 0 Å². The third kappa shape index (κ3) is 3.11. The van der Waals surface area contributed by atoms with Crippen LogP contribution in [0.5, 0.6) is 5.75 Å². The first-order chi connectivity index (χ1) is 9.70. The molecule has 0 saturated carbocycles. The van der Waals surface area contributed by atoms with E-state index in [0.717, 1.165) is 5.56 Å². The monoisotopic (exact) mass is 291 g/mol. The van der Waals surface area contributed by atoms with Gasteiger partial charge in [0.1, 0.15) is 11.4 Å². The van der Waals surface area contributed by atoms with Gasteiger partial charge in [-0.3, -0.25) is 4.98 Å². The Kier molecular flexibility index (Phi) is 4.99. The second kappa shape index (κ2) is 6.73. The second-order valence-corrected chi connectivity index (χ2v) is 4.89. The van der Waals surface area contributed by atoms with Gasteiger partial charge < -0.3 is 9.84 Å². The number of alkyl halides is 1. The molecule has 1 atom stereocenters. The summed E-state index contributed by atoms with van der Waals surface area (Å²) in [6, 6.07) is 11.3. The maximum Gasteiger partial charge on any atom is 0.137 e. The van der Waals surface area contributed by atoms with Crippen LogP contribution >= 0.6 is 11.6 Å². The third-order valence-electron chi connectivity index (χ3n) is 3.21. The van der Waals surface area contributed by atoms with Crippen molar-refractivity contribution in [1.82, 2.24) is 4.98 Å². The van der Waals surface area contributed by atoms with Crippen molar-refractivity contribution >= 4 is 11.6 Å². The molecule has 0 radical (unpaired) electrons. The van der Waals surface area contributed by atoms with Crippen LogP contribution in [-0.4, -0.2) is 22.6 Å². The van der Waals surface area contributed by atoms with Crippen molar-refractivity contribution in [1.29, 1.82) is 0 Å². The maximum atomic E-state index is 11.1. The van der Waals surface area contributed by atoms with Crippen molar-refractivity contribution in [2.45, 2.75) is 18.9 Å². The number of aliphatic hydroxyl groups is 1. The zero-order chi connectivity index (χ0) is 14.4. The molecule has 2 aromatic rings. The minimum Gasteiger partial charge on any atom is -0.492 e. The fraction of sp³-hybridized carbons (Fsp3) is 0.312. The van der Waals surface area contributed by atoms with E-state index in [4.69, 9.17) is 16.3 Å². The van der Waals surface area contributed by atoms with Crippen LogP contribution < -0.4 is 4.74 Å². The molecular weight excluding hydrogens is 274 g/mol. The van der Waals surface area contributed by atoms with E-state index >= 15 is 0 Å². The lowest BCUT2D eigenvalue weighted by Crippen LogP contribution is -2.28. The Morgan fingerprint density at radius 2 is 1.95 bits per heavy atom. The number of aromatic nitrogens is 1. The van der Waals surface area contributed by atoms with Crippen molar-refractivity contribution < 1.29 is 9.84 Å². The van der Waals surface area contributed by atoms with E-state index in [1.54, 1.807) is 12.4 Å². The van der Waals surface area contributed by atoms with E-state index in [9.17, 15) is 5.11 Å². The first kappa shape index (κ1) is 14.8. The summed E-state index contributed by atoms with van der Waals surface area (Å²) in [7, 11) is 0. The second-order valence-electron chi connectivity index (χ2n) is 4.51. The largest absolute Gasteiger partial charge is 0.492 e. The Balaban J connectivity index is 2.45. The Bertz CT molecular complexity index is 547. The number of pyridine rings is 1. The summed E-state index contributed by atoms with van der Waals surface area (Å²) >= 11 is 5.87. The smallest absolute Gasteiger partial charge is 0.137 e. The molecule has 4 heteroatoms. The molecule has 0 spiro atoms. The summed E-state index contributed by atoms with van der Waals surface area (Å²) in [6.07, 6.45) is 3.71. The highest BCUT2D eigenvalue weighted by molar-refractivity contribution is 6.17. The van der Waals surface area contributed by atoms with E-state index in [1.165, 1.54) is 0 Å². The number of rotatable bonds is 6. The van der Waals surface area contributed by atoms with Gasteiger partial charge in [0.15, 0.2) is 0 Å². The minimum atomic E-state index is -1.15. The van der Waals surface area contributed by atoms with Crippen LogP contribution in [0.15, 0.2) is 48.8 Å². The highest BCUT2D eigenvalue weighted by Gasteiger charge is 2.31. The van der Waals surface area contributed by atoms with Gasteiger partial charge in [0.25, 0.3) is 0 Å². The maximum absolute atomic E-state index is 11.1. The lowest BCUT2D eigenvalue weighted by molar-refractivity contribution is 0.0768. The highest BCUT2D eigenvalue weighted by Crippen LogP contribution is 2.34. The molecule has 1 aromatic heterocycles. The average molecular weight is 292 g/mol. The summed E-state index contributed by atoms with van der Waals surface area (Å²) in [5.74, 6) is 0.999. The molecular formula is C16H18ClNO2. The summed E-state index contributed by atoms with van der Waals surface area (Å²) in [5, 5.41) is 11.1. The molecule has 0 amide bonds. The van der Waals surface area contributed by atoms with Gasteiger partial charge in [-0.15, -0.1) is 11.6 Å². The molecule has 1 heterocycles. The van der Waals surface area contributed by atoms with Crippen molar-refractivity contribution in [3.8, 4) is 5.75 Å². The van der Waals surface area contributed by atoms with Gasteiger partial charge in [-0.1, -0.05) is 30.3 Å². The van der Waals surface area contributed by atoms with Crippen LogP contribution in [0.3, 0.4) is 0 Å². The lowest BCUT2D eigenvalue weighted by atomic mass is 9.85. The number of halogens is 1. The van der Waals surface area contributed by atoms with Crippen molar-refractivity contribution in [3.05, 3.63) is 59.9 Å². The van der Waals surface area contributed by atoms with Crippen LogP contribution in [0.4, 0.5) is 0 Å². The van der Waals surface area contributed by atoms with Gasteiger partial charge in [0.2, 0.25) is 0 Å². The van der Waals surface area contributed by atoms with E-state index < -0.39 is 5.60 Å². The predicted molar refractivity (Wildman–Crippen MR) is 80.2 cm³/mol. The van der Waals surface area contributed by atoms with E-state index in [0.29, 0.717) is 30.2 Å². The van der Waals surface area contributed by atoms with Crippen molar-refractivity contribution in [3.63, 3.8) is 0 Å². The lowest BCUT2D eigenvalue weighted by Gasteiger charge is -2.28. The van der Waals surface area contributed by atoms with Gasteiger partial charge in [0, 0.05) is 17.6 Å². The molecule has 1 N–H and O–H groups in total. The third-order valence-corrected chi connectivity index (χ3v) is 3.40. The predicted octanol–water partition coefficient (Wildman–Crippen LogP) is 3.35. The molecule has 0 bridgehead atoms. The van der Waals surface area contributed by atoms with Gasteiger partial charge in [-0.25, -0.2) is 0 Å². The summed E-state index contributed by atoms with van der Waals surface area (Å²) in [5.41, 5.74) is 0.342. The number of nitrogens with zero attached hydrogens (tertiary/aromatic N) is 1. The van der Waals surface area contributed by atoms with E-state index in [1.807, 2.05) is 43.3 Å². The molecule has 1 unspecified atom stereocenters. The first-order valence-corrected chi connectivity index (χ1v) is 7.16. The van der Waals surface area contributed by atoms with E-state index in [2.05, 4.69) is 4.98 Å². The molecule has 1 aromatic carbocycles. The Morgan fingerprint density at radius 3 is 2.60 bits per heavy atom. The van der Waals surface area contributed by atoms with Crippen LogP contribution in [0.25, 0.3) is 0 Å². The molecule has 2 rings (SSSR count). The fourth-order valence-corrected chi connectivity index (χ4v) is 2.47. The summed E-state index contributed by atoms with van der Waals surface area (Å²) in [4.78, 5) is 4.15. The molecule has 0 saturated heterocycles. The molecule has 3 nitrogen and oxygen atoms in total. The Morgan fingerprint density at radius 1 is 1.20 bits per heavy atom. The topological polar surface area (TPSA) is 42.4 Å². The summed E-state index contributed by atoms with van der Waals surface area (Å²) < 4.78 is 5.45. The van der Waals surface area contributed by atoms with Crippen LogP contribution in [0, 0.1) is 0 Å². The van der Waals surface area contributed by atoms with Crippen molar-refractivity contribution in [2.75, 3.05) is 12.5 Å². The standard InChI is InChI=1S/C16H18ClNO2/c1-2-20-15-10-14(11-18-12-15)16(19,8-9-17)13-6-4-3-5-7-13/h3-7,10-12,19H,2,8-9H2,1H3. The Hall–Kier alpha value is -1.58. The molecule has 0 aliphatic heterocycles. The van der Waals surface area contributed by atoms with Gasteiger partial charge >= 0.3 is 0 Å². The normalized spacial score (nSPS) is 13.8. The molecule has 0 aliphatic carbocycles. The highest BCUT2D eigenvalue weighted by atomic mass is 35.5.